The van der Waals surface area contributed by atoms with Gasteiger partial charge in [0.25, 0.3) is 5.91 Å². The maximum absolute atomic E-state index is 13.7. The number of carboxylic acid groups (broad SMARTS) is 1. The van der Waals surface area contributed by atoms with Crippen molar-refractivity contribution < 1.29 is 37.0 Å². The zero-order chi connectivity index (χ0) is 26.1. The fourth-order valence-electron chi connectivity index (χ4n) is 5.48. The fraction of sp³-hybridized carbons (Fsp3) is 0.680. The van der Waals surface area contributed by atoms with E-state index in [0.29, 0.717) is 25.6 Å². The number of halogens is 4. The summed E-state index contributed by atoms with van der Waals surface area (Å²) in [5.74, 6) is -2.09. The molecular weight excluding hydrogens is 482 g/mol. The average molecular weight is 516 g/mol. The lowest BCUT2D eigenvalue weighted by atomic mass is 9.85. The van der Waals surface area contributed by atoms with E-state index in [1.807, 2.05) is 0 Å². The van der Waals surface area contributed by atoms with Gasteiger partial charge in [-0.15, -0.1) is 0 Å². The van der Waals surface area contributed by atoms with Gasteiger partial charge < -0.3 is 15.2 Å². The summed E-state index contributed by atoms with van der Waals surface area (Å²) in [5.41, 5.74) is -2.05. The second kappa shape index (κ2) is 10.6. The van der Waals surface area contributed by atoms with Crippen molar-refractivity contribution in [3.05, 3.63) is 35.1 Å². The van der Waals surface area contributed by atoms with E-state index in [9.17, 15) is 27.2 Å². The van der Waals surface area contributed by atoms with Crippen molar-refractivity contribution in [3.63, 3.8) is 0 Å². The molecule has 0 radical (unpaired) electrons. The van der Waals surface area contributed by atoms with Crippen LogP contribution in [0.15, 0.2) is 18.2 Å². The van der Waals surface area contributed by atoms with Crippen molar-refractivity contribution in [3.8, 4) is 0 Å². The van der Waals surface area contributed by atoms with Crippen molar-refractivity contribution in [1.29, 1.82) is 0 Å². The zero-order valence-corrected chi connectivity index (χ0v) is 20.3. The van der Waals surface area contributed by atoms with Crippen LogP contribution < -0.4 is 5.32 Å². The van der Waals surface area contributed by atoms with Gasteiger partial charge in [0.2, 0.25) is 0 Å². The molecule has 0 bridgehead atoms. The Morgan fingerprint density at radius 1 is 1.19 bits per heavy atom. The molecule has 1 aromatic carbocycles. The molecule has 1 aliphatic carbocycles. The Kier molecular flexibility index (Phi) is 7.92. The molecule has 11 heteroatoms. The Labute approximate surface area is 207 Å². The molecule has 200 valence electrons. The summed E-state index contributed by atoms with van der Waals surface area (Å²) in [4.78, 5) is 28.6. The molecule has 3 aliphatic rings. The molecule has 0 aromatic heterocycles. The molecule has 7 nitrogen and oxygen atoms in total. The number of carbonyl (C=O) groups is 2. The molecule has 3 fully saturated rings. The Hall–Kier alpha value is -2.24. The van der Waals surface area contributed by atoms with Crippen LogP contribution in [0.4, 0.5) is 17.6 Å². The number of nitrogens with zero attached hydrogens (tertiary/aromatic N) is 2. The molecule has 0 unspecified atom stereocenters. The molecule has 1 saturated carbocycles. The summed E-state index contributed by atoms with van der Waals surface area (Å²) in [7, 11) is 0. The van der Waals surface area contributed by atoms with Gasteiger partial charge in [-0.2, -0.15) is 13.2 Å². The van der Waals surface area contributed by atoms with Crippen LogP contribution in [0.1, 0.15) is 50.2 Å². The topological polar surface area (TPSA) is 82.1 Å². The van der Waals surface area contributed by atoms with Crippen LogP contribution in [0, 0.1) is 11.7 Å². The van der Waals surface area contributed by atoms with E-state index in [2.05, 4.69) is 22.0 Å². The third kappa shape index (κ3) is 6.18. The lowest BCUT2D eigenvalue weighted by molar-refractivity contribution is -0.166. The van der Waals surface area contributed by atoms with E-state index in [4.69, 9.17) is 9.84 Å². The second-order valence-electron chi connectivity index (χ2n) is 10.2. The fourth-order valence-corrected chi connectivity index (χ4v) is 5.48. The minimum Gasteiger partial charge on any atom is -0.481 e. The highest BCUT2D eigenvalue weighted by molar-refractivity contribution is 5.86. The molecule has 2 N–H and O–H groups in total. The van der Waals surface area contributed by atoms with Gasteiger partial charge in [-0.05, 0) is 62.3 Å². The number of alkyl halides is 3. The first-order valence-electron chi connectivity index (χ1n) is 12.5. The Morgan fingerprint density at radius 2 is 1.94 bits per heavy atom. The van der Waals surface area contributed by atoms with Crippen LogP contribution in [-0.4, -0.2) is 77.3 Å². The van der Waals surface area contributed by atoms with E-state index < -0.39 is 29.1 Å². The molecule has 2 saturated heterocycles. The van der Waals surface area contributed by atoms with Crippen LogP contribution in [0.25, 0.3) is 0 Å². The maximum atomic E-state index is 13.7. The molecule has 4 rings (SSSR count). The highest BCUT2D eigenvalue weighted by Gasteiger charge is 2.54. The number of hydrogen-bond acceptors (Lipinski definition) is 5. The van der Waals surface area contributed by atoms with E-state index >= 15 is 0 Å². The van der Waals surface area contributed by atoms with Gasteiger partial charge in [0.05, 0.1) is 18.6 Å². The van der Waals surface area contributed by atoms with Crippen molar-refractivity contribution in [2.45, 2.75) is 69.4 Å². The Balaban J connectivity index is 1.33. The Morgan fingerprint density at radius 3 is 2.53 bits per heavy atom. The third-order valence-corrected chi connectivity index (χ3v) is 7.67. The van der Waals surface area contributed by atoms with Crippen LogP contribution >= 0.6 is 0 Å². The molecule has 2 aliphatic heterocycles. The summed E-state index contributed by atoms with van der Waals surface area (Å²) in [6, 6.07) is 2.64. The molecular formula is C25H33F4N3O4. The standard InChI is InChI=1S/C25H33F4N3O4/c1-16-14-32(9-8-31(16)7-5-22(33)34)21-4-6-24(36-15-21,18-2-3-18)23(35)30-13-17-10-19(25(27,28)29)12-20(26)11-17/h10-12,16,18,21H,2-9,13-15H2,1H3,(H,30,35)(H,33,34)/t16-,21+,24-/m0/s1. The summed E-state index contributed by atoms with van der Waals surface area (Å²) >= 11 is 0. The number of nitrogens with one attached hydrogen (secondary N) is 1. The quantitative estimate of drug-likeness (QED) is 0.518. The smallest absolute Gasteiger partial charge is 0.416 e. The SMILES string of the molecule is C[C@H]1CN([C@@H]2CC[C@@](C(=O)NCc3cc(F)cc(C(F)(F)F)c3)(C3CC3)OC2)CCN1CCC(=O)O. The normalized spacial score (nSPS) is 28.1. The van der Waals surface area contributed by atoms with Crippen molar-refractivity contribution in [2.24, 2.45) is 5.92 Å². The van der Waals surface area contributed by atoms with E-state index in [-0.39, 0.29) is 42.4 Å². The first-order valence-corrected chi connectivity index (χ1v) is 12.5. The van der Waals surface area contributed by atoms with Crippen LogP contribution in [-0.2, 0) is 27.0 Å². The number of ether oxygens (including phenoxy) is 1. The van der Waals surface area contributed by atoms with Crippen molar-refractivity contribution in [2.75, 3.05) is 32.8 Å². The number of amides is 1. The van der Waals surface area contributed by atoms with Gasteiger partial charge in [0, 0.05) is 44.8 Å². The van der Waals surface area contributed by atoms with E-state index in [1.165, 1.54) is 0 Å². The van der Waals surface area contributed by atoms with E-state index in [1.54, 1.807) is 0 Å². The molecule has 2 heterocycles. The number of hydrogen-bond donors (Lipinski definition) is 2. The molecule has 36 heavy (non-hydrogen) atoms. The van der Waals surface area contributed by atoms with Gasteiger partial charge >= 0.3 is 12.1 Å². The second-order valence-corrected chi connectivity index (χ2v) is 10.2. The largest absolute Gasteiger partial charge is 0.481 e. The lowest BCUT2D eigenvalue weighted by Crippen LogP contribution is -2.60. The average Bonchev–Trinajstić information content (AvgIpc) is 3.67. The summed E-state index contributed by atoms with van der Waals surface area (Å²) < 4.78 is 59.0. The summed E-state index contributed by atoms with van der Waals surface area (Å²) in [5, 5.41) is 11.6. The van der Waals surface area contributed by atoms with Gasteiger partial charge in [-0.3, -0.25) is 19.4 Å². The minimum absolute atomic E-state index is 0.0464. The Bertz CT molecular complexity index is 961. The predicted molar refractivity (Wildman–Crippen MR) is 123 cm³/mol. The first kappa shape index (κ1) is 26.8. The van der Waals surface area contributed by atoms with Crippen molar-refractivity contribution in [1.82, 2.24) is 15.1 Å². The molecule has 1 aromatic rings. The summed E-state index contributed by atoms with van der Waals surface area (Å²) in [6.45, 7) is 5.12. The highest BCUT2D eigenvalue weighted by atomic mass is 19.4. The van der Waals surface area contributed by atoms with Gasteiger partial charge in [0.15, 0.2) is 0 Å². The zero-order valence-electron chi connectivity index (χ0n) is 20.3. The number of carboxylic acids is 1. The lowest BCUT2D eigenvalue weighted by Gasteiger charge is -2.47. The first-order chi connectivity index (χ1) is 17.0. The minimum atomic E-state index is -4.67. The molecule has 1 amide bonds. The number of aliphatic carboxylic acids is 1. The van der Waals surface area contributed by atoms with Gasteiger partial charge in [-0.1, -0.05) is 0 Å². The van der Waals surface area contributed by atoms with Crippen molar-refractivity contribution >= 4 is 11.9 Å². The number of carbonyl (C=O) groups excluding carboxylic acids is 1. The van der Waals surface area contributed by atoms with E-state index in [0.717, 1.165) is 51.0 Å². The highest BCUT2D eigenvalue weighted by Crippen LogP contribution is 2.47. The van der Waals surface area contributed by atoms with Crippen LogP contribution in [0.3, 0.4) is 0 Å². The van der Waals surface area contributed by atoms with Gasteiger partial charge in [0.1, 0.15) is 11.4 Å². The monoisotopic (exact) mass is 515 g/mol. The van der Waals surface area contributed by atoms with Crippen LogP contribution in [0.5, 0.6) is 0 Å². The van der Waals surface area contributed by atoms with Crippen LogP contribution in [0.2, 0.25) is 0 Å². The molecule has 3 atom stereocenters. The third-order valence-electron chi connectivity index (χ3n) is 7.67. The van der Waals surface area contributed by atoms with Gasteiger partial charge in [-0.25, -0.2) is 4.39 Å². The number of rotatable bonds is 8. The maximum Gasteiger partial charge on any atom is 0.416 e. The molecule has 0 spiro atoms. The number of piperazine rings is 1. The summed E-state index contributed by atoms with van der Waals surface area (Å²) in [6.07, 6.45) is -1.58. The predicted octanol–water partition coefficient (Wildman–Crippen LogP) is 3.27. The number of benzene rings is 1.